The summed E-state index contributed by atoms with van der Waals surface area (Å²) in [5.41, 5.74) is 6.02. The van der Waals surface area contributed by atoms with E-state index in [2.05, 4.69) is 5.10 Å². The van der Waals surface area contributed by atoms with E-state index in [-0.39, 0.29) is 32.9 Å². The van der Waals surface area contributed by atoms with Gasteiger partial charge < -0.3 is 5.73 Å². The zero-order valence-electron chi connectivity index (χ0n) is 14.7. The molecule has 0 saturated carbocycles. The number of nitrogens with two attached hydrogens (primary N) is 2. The monoisotopic (exact) mass is 439 g/mol. The topological polar surface area (TPSA) is 145 Å². The van der Waals surface area contributed by atoms with E-state index < -0.39 is 21.9 Å². The summed E-state index contributed by atoms with van der Waals surface area (Å²) in [4.78, 5) is 10.9. The summed E-state index contributed by atoms with van der Waals surface area (Å²) in [5.74, 6) is -0.637. The molecule has 0 aliphatic rings. The summed E-state index contributed by atoms with van der Waals surface area (Å²) < 4.78 is 38.8. The van der Waals surface area contributed by atoms with Gasteiger partial charge in [0.05, 0.1) is 28.6 Å². The van der Waals surface area contributed by atoms with Crippen LogP contribution in [0.25, 0.3) is 16.9 Å². The maximum absolute atomic E-state index is 13.6. The lowest BCUT2D eigenvalue weighted by molar-refractivity contribution is -0.0479. The van der Waals surface area contributed by atoms with Gasteiger partial charge >= 0.3 is 6.03 Å². The third-order valence-electron chi connectivity index (χ3n) is 3.94. The Balaban J connectivity index is 2.24. The first-order chi connectivity index (χ1) is 13.6. The molecule has 29 heavy (non-hydrogen) atoms. The SMILES string of the molecule is NC(=O)N(O)Cc1cc(-c2ccc(F)c(Cl)c2)n(-c2ccccc2S(N)(=O)=O)n1. The number of aromatic nitrogens is 2. The van der Waals surface area contributed by atoms with E-state index in [9.17, 15) is 22.8 Å². The van der Waals surface area contributed by atoms with Crippen LogP contribution in [-0.2, 0) is 16.6 Å². The second kappa shape index (κ2) is 7.79. The number of benzene rings is 2. The van der Waals surface area contributed by atoms with Crippen molar-refractivity contribution in [3.8, 4) is 16.9 Å². The van der Waals surface area contributed by atoms with Gasteiger partial charge in [-0.25, -0.2) is 32.5 Å². The molecule has 0 aliphatic carbocycles. The summed E-state index contributed by atoms with van der Waals surface area (Å²) in [6.07, 6.45) is 0. The molecule has 0 spiro atoms. The molecule has 0 radical (unpaired) electrons. The molecule has 0 bridgehead atoms. The molecule has 9 nitrogen and oxygen atoms in total. The van der Waals surface area contributed by atoms with E-state index in [0.29, 0.717) is 11.3 Å². The minimum Gasteiger partial charge on any atom is -0.350 e. The Bertz CT molecular complexity index is 1200. The van der Waals surface area contributed by atoms with Crippen LogP contribution in [0.15, 0.2) is 53.4 Å². The number of primary amides is 1. The van der Waals surface area contributed by atoms with Crippen LogP contribution in [0, 0.1) is 5.82 Å². The Morgan fingerprint density at radius 1 is 1.24 bits per heavy atom. The van der Waals surface area contributed by atoms with Gasteiger partial charge in [-0.1, -0.05) is 23.7 Å². The minimum absolute atomic E-state index is 0.111. The van der Waals surface area contributed by atoms with Crippen molar-refractivity contribution < 1.29 is 22.8 Å². The Morgan fingerprint density at radius 2 is 1.93 bits per heavy atom. The van der Waals surface area contributed by atoms with Crippen LogP contribution in [0.4, 0.5) is 9.18 Å². The number of hydrogen-bond acceptors (Lipinski definition) is 5. The van der Waals surface area contributed by atoms with Gasteiger partial charge in [-0.15, -0.1) is 0 Å². The van der Waals surface area contributed by atoms with E-state index in [1.54, 1.807) is 6.07 Å². The van der Waals surface area contributed by atoms with Gasteiger partial charge in [0.15, 0.2) is 0 Å². The second-order valence-corrected chi connectivity index (χ2v) is 7.91. The average molecular weight is 440 g/mol. The first-order valence-electron chi connectivity index (χ1n) is 8.00. The average Bonchev–Trinajstić information content (AvgIpc) is 3.07. The predicted molar refractivity (Wildman–Crippen MR) is 102 cm³/mol. The molecule has 152 valence electrons. The molecule has 1 heterocycles. The lowest BCUT2D eigenvalue weighted by Gasteiger charge is -2.12. The molecule has 1 aromatic heterocycles. The van der Waals surface area contributed by atoms with Gasteiger partial charge in [-0.2, -0.15) is 5.10 Å². The van der Waals surface area contributed by atoms with Crippen molar-refractivity contribution in [1.29, 1.82) is 0 Å². The number of urea groups is 1. The van der Waals surface area contributed by atoms with E-state index >= 15 is 0 Å². The quantitative estimate of drug-likeness (QED) is 0.412. The smallest absolute Gasteiger partial charge is 0.338 e. The fraction of sp³-hybridized carbons (Fsp3) is 0.0588. The van der Waals surface area contributed by atoms with Crippen LogP contribution in [0.1, 0.15) is 5.69 Å². The van der Waals surface area contributed by atoms with Crippen LogP contribution in [0.5, 0.6) is 0 Å². The molecule has 5 N–H and O–H groups in total. The highest BCUT2D eigenvalue weighted by Gasteiger charge is 2.21. The van der Waals surface area contributed by atoms with Crippen LogP contribution in [0.3, 0.4) is 0 Å². The number of hydrogen-bond donors (Lipinski definition) is 3. The fourth-order valence-electron chi connectivity index (χ4n) is 2.66. The lowest BCUT2D eigenvalue weighted by Crippen LogP contribution is -2.32. The first kappa shape index (κ1) is 20.7. The van der Waals surface area contributed by atoms with Crippen LogP contribution in [-0.4, -0.2) is 34.5 Å². The summed E-state index contributed by atoms with van der Waals surface area (Å²) >= 11 is 5.87. The van der Waals surface area contributed by atoms with Gasteiger partial charge in [-0.3, -0.25) is 5.21 Å². The van der Waals surface area contributed by atoms with Crippen molar-refractivity contribution in [3.05, 3.63) is 65.1 Å². The number of carbonyl (C=O) groups is 1. The molecule has 0 aliphatic heterocycles. The molecule has 0 saturated heterocycles. The Labute approximate surface area is 169 Å². The first-order valence-corrected chi connectivity index (χ1v) is 9.93. The number of nitrogens with zero attached hydrogens (tertiary/aromatic N) is 3. The fourth-order valence-corrected chi connectivity index (χ4v) is 3.55. The molecule has 3 rings (SSSR count). The molecular formula is C17H15ClFN5O4S. The summed E-state index contributed by atoms with van der Waals surface area (Å²) in [6, 6.07) is 10.1. The number of halogens is 2. The van der Waals surface area contributed by atoms with Crippen molar-refractivity contribution in [3.63, 3.8) is 0 Å². The second-order valence-electron chi connectivity index (χ2n) is 5.97. The van der Waals surface area contributed by atoms with Crippen molar-refractivity contribution in [2.24, 2.45) is 10.9 Å². The summed E-state index contributed by atoms with van der Waals surface area (Å²) in [5, 5.41) is 19.3. The van der Waals surface area contributed by atoms with Gasteiger partial charge in [0.25, 0.3) is 0 Å². The highest BCUT2D eigenvalue weighted by Crippen LogP contribution is 2.30. The third-order valence-corrected chi connectivity index (χ3v) is 5.19. The van der Waals surface area contributed by atoms with Crippen LogP contribution < -0.4 is 10.9 Å². The Hall–Kier alpha value is -2.99. The molecule has 0 atom stereocenters. The Morgan fingerprint density at radius 3 is 2.55 bits per heavy atom. The molecule has 0 unspecified atom stereocenters. The number of sulfonamides is 1. The number of primary sulfonamides is 1. The number of hydroxylamine groups is 2. The van der Waals surface area contributed by atoms with E-state index in [1.165, 1.54) is 41.1 Å². The standard InChI is InChI=1S/C17H15ClFN5O4S/c18-12-7-10(5-6-13(12)19)15-8-11(9-23(26)17(20)25)22-24(15)14-3-1-2-4-16(14)29(21,27)28/h1-8,26H,9H2,(H2,20,25)(H2,21,27,28). The summed E-state index contributed by atoms with van der Waals surface area (Å²) in [7, 11) is -4.10. The molecule has 12 heteroatoms. The normalized spacial score (nSPS) is 11.4. The zero-order chi connectivity index (χ0) is 21.3. The number of amides is 2. The van der Waals surface area contributed by atoms with Gasteiger partial charge in [0.2, 0.25) is 10.0 Å². The zero-order valence-corrected chi connectivity index (χ0v) is 16.2. The number of para-hydroxylation sites is 1. The number of carbonyl (C=O) groups excluding carboxylic acids is 1. The molecule has 3 aromatic rings. The minimum atomic E-state index is -4.10. The van der Waals surface area contributed by atoms with Gasteiger partial charge in [-0.05, 0) is 36.4 Å². The van der Waals surface area contributed by atoms with E-state index in [0.717, 1.165) is 6.07 Å². The largest absolute Gasteiger partial charge is 0.350 e. The van der Waals surface area contributed by atoms with Crippen LogP contribution >= 0.6 is 11.6 Å². The van der Waals surface area contributed by atoms with Crippen LogP contribution in [0.2, 0.25) is 5.02 Å². The van der Waals surface area contributed by atoms with Gasteiger partial charge in [0.1, 0.15) is 10.7 Å². The molecular weight excluding hydrogens is 425 g/mol. The highest BCUT2D eigenvalue weighted by molar-refractivity contribution is 7.89. The maximum Gasteiger partial charge on any atom is 0.338 e. The van der Waals surface area contributed by atoms with Crippen molar-refractivity contribution in [2.75, 3.05) is 0 Å². The summed E-state index contributed by atoms with van der Waals surface area (Å²) in [6.45, 7) is -0.373. The van der Waals surface area contributed by atoms with Crippen molar-refractivity contribution in [1.82, 2.24) is 14.8 Å². The number of rotatable bonds is 5. The van der Waals surface area contributed by atoms with Crippen molar-refractivity contribution >= 4 is 27.7 Å². The van der Waals surface area contributed by atoms with Gasteiger partial charge in [0, 0.05) is 5.56 Å². The highest BCUT2D eigenvalue weighted by atomic mass is 35.5. The maximum atomic E-state index is 13.6. The molecule has 2 amide bonds. The molecule has 0 fully saturated rings. The Kier molecular flexibility index (Phi) is 5.57. The lowest BCUT2D eigenvalue weighted by atomic mass is 10.1. The third kappa shape index (κ3) is 4.38. The van der Waals surface area contributed by atoms with E-state index in [4.69, 9.17) is 22.5 Å². The predicted octanol–water partition coefficient (Wildman–Crippen LogP) is 2.25. The van der Waals surface area contributed by atoms with E-state index in [1.807, 2.05) is 0 Å². The van der Waals surface area contributed by atoms with Crippen molar-refractivity contribution in [2.45, 2.75) is 11.4 Å². The molecule has 2 aromatic carbocycles.